The maximum Gasteiger partial charge on any atom is 0.246 e. The fraction of sp³-hybridized carbons (Fsp3) is 0.474. The van der Waals surface area contributed by atoms with Crippen molar-refractivity contribution in [1.82, 2.24) is 9.80 Å². The number of benzene rings is 1. The largest absolute Gasteiger partial charge is 0.330 e. The zero-order valence-electron chi connectivity index (χ0n) is 15.0. The number of nitriles is 1. The Morgan fingerprint density at radius 3 is 2.63 bits per heavy atom. The summed E-state index contributed by atoms with van der Waals surface area (Å²) in [7, 11) is 0. The number of anilines is 1. The SMILES string of the molecule is N#CC1CC(C(=O)Nc2ccccc2)CN1C(=O)C1CCCN1C(=O)CN. The first-order valence-corrected chi connectivity index (χ1v) is 9.10. The summed E-state index contributed by atoms with van der Waals surface area (Å²) < 4.78 is 0. The number of nitrogens with one attached hydrogen (secondary N) is 1. The van der Waals surface area contributed by atoms with Crippen LogP contribution in [0.1, 0.15) is 19.3 Å². The minimum absolute atomic E-state index is 0.145. The Morgan fingerprint density at radius 1 is 1.22 bits per heavy atom. The van der Waals surface area contributed by atoms with E-state index in [1.165, 1.54) is 9.80 Å². The highest BCUT2D eigenvalue weighted by atomic mass is 16.2. The maximum atomic E-state index is 13.0. The average molecular weight is 369 g/mol. The zero-order valence-corrected chi connectivity index (χ0v) is 15.0. The van der Waals surface area contributed by atoms with Gasteiger partial charge in [-0.05, 0) is 31.4 Å². The van der Waals surface area contributed by atoms with Crippen molar-refractivity contribution in [3.05, 3.63) is 30.3 Å². The molecule has 3 unspecified atom stereocenters. The Bertz CT molecular complexity index is 760. The molecule has 3 amide bonds. The van der Waals surface area contributed by atoms with Crippen molar-refractivity contribution < 1.29 is 14.4 Å². The first-order chi connectivity index (χ1) is 13.0. The van der Waals surface area contributed by atoms with E-state index in [9.17, 15) is 19.6 Å². The second kappa shape index (κ2) is 8.18. The zero-order chi connectivity index (χ0) is 19.4. The van der Waals surface area contributed by atoms with E-state index < -0.39 is 18.0 Å². The number of amides is 3. The standard InChI is InChI=1S/C19H23N5O3/c20-10-15-9-13(18(26)22-14-5-2-1-3-6-14)12-24(15)19(27)16-7-4-8-23(16)17(25)11-21/h1-3,5-6,13,15-16H,4,7-9,11-12,21H2,(H,22,26). The lowest BCUT2D eigenvalue weighted by Crippen LogP contribution is -2.50. The molecule has 0 spiro atoms. The molecule has 8 nitrogen and oxygen atoms in total. The van der Waals surface area contributed by atoms with Gasteiger partial charge in [0.15, 0.2) is 0 Å². The van der Waals surface area contributed by atoms with Gasteiger partial charge in [0.1, 0.15) is 12.1 Å². The van der Waals surface area contributed by atoms with Crippen molar-refractivity contribution in [3.63, 3.8) is 0 Å². The molecule has 2 fully saturated rings. The van der Waals surface area contributed by atoms with E-state index in [4.69, 9.17) is 5.73 Å². The summed E-state index contributed by atoms with van der Waals surface area (Å²) in [5.74, 6) is -1.20. The molecule has 0 aromatic heterocycles. The Hall–Kier alpha value is -2.92. The highest BCUT2D eigenvalue weighted by Gasteiger charge is 2.44. The summed E-state index contributed by atoms with van der Waals surface area (Å²) in [6.45, 7) is 0.528. The molecular formula is C19H23N5O3. The van der Waals surface area contributed by atoms with Crippen LogP contribution in [-0.2, 0) is 14.4 Å². The molecule has 0 saturated carbocycles. The Kier molecular flexibility index (Phi) is 5.72. The van der Waals surface area contributed by atoms with Crippen molar-refractivity contribution in [2.75, 3.05) is 25.0 Å². The topological polar surface area (TPSA) is 120 Å². The van der Waals surface area contributed by atoms with Gasteiger partial charge >= 0.3 is 0 Å². The van der Waals surface area contributed by atoms with Crippen molar-refractivity contribution >= 4 is 23.4 Å². The highest BCUT2D eigenvalue weighted by Crippen LogP contribution is 2.28. The monoisotopic (exact) mass is 369 g/mol. The van der Waals surface area contributed by atoms with Gasteiger partial charge in [-0.1, -0.05) is 18.2 Å². The summed E-state index contributed by atoms with van der Waals surface area (Å²) in [6.07, 6.45) is 1.57. The molecule has 0 aliphatic carbocycles. The number of nitrogens with zero attached hydrogens (tertiary/aromatic N) is 3. The van der Waals surface area contributed by atoms with Crippen molar-refractivity contribution in [1.29, 1.82) is 5.26 Å². The summed E-state index contributed by atoms with van der Waals surface area (Å²) in [4.78, 5) is 40.4. The molecule has 3 N–H and O–H groups in total. The second-order valence-corrected chi connectivity index (χ2v) is 6.87. The molecule has 1 aromatic carbocycles. The molecule has 2 saturated heterocycles. The van der Waals surface area contributed by atoms with E-state index in [2.05, 4.69) is 11.4 Å². The van der Waals surface area contributed by atoms with Crippen LogP contribution in [0, 0.1) is 17.2 Å². The predicted molar refractivity (Wildman–Crippen MR) is 98.1 cm³/mol. The molecule has 2 aliphatic rings. The van der Waals surface area contributed by atoms with E-state index in [1.54, 1.807) is 12.1 Å². The molecule has 2 heterocycles. The van der Waals surface area contributed by atoms with Crippen LogP contribution in [-0.4, -0.2) is 59.2 Å². The van der Waals surface area contributed by atoms with Crippen LogP contribution in [0.2, 0.25) is 0 Å². The number of hydrogen-bond acceptors (Lipinski definition) is 5. The van der Waals surface area contributed by atoms with Crippen LogP contribution in [0.4, 0.5) is 5.69 Å². The first-order valence-electron chi connectivity index (χ1n) is 9.10. The summed E-state index contributed by atoms with van der Waals surface area (Å²) >= 11 is 0. The Labute approximate surface area is 157 Å². The van der Waals surface area contributed by atoms with Gasteiger partial charge in [0.05, 0.1) is 18.5 Å². The van der Waals surface area contributed by atoms with Crippen LogP contribution in [0.15, 0.2) is 30.3 Å². The molecule has 0 radical (unpaired) electrons. The molecule has 1 aromatic rings. The smallest absolute Gasteiger partial charge is 0.246 e. The highest BCUT2D eigenvalue weighted by molar-refractivity contribution is 5.94. The maximum absolute atomic E-state index is 13.0. The number of likely N-dealkylation sites (tertiary alicyclic amines) is 2. The molecule has 3 rings (SSSR count). The number of carbonyl (C=O) groups excluding carboxylic acids is 3. The van der Waals surface area contributed by atoms with Gasteiger partial charge in [0, 0.05) is 18.8 Å². The molecule has 8 heteroatoms. The number of rotatable bonds is 4. The second-order valence-electron chi connectivity index (χ2n) is 6.87. The van der Waals surface area contributed by atoms with E-state index in [-0.39, 0.29) is 30.8 Å². The molecular weight excluding hydrogens is 346 g/mol. The third kappa shape index (κ3) is 3.93. The fourth-order valence-corrected chi connectivity index (χ4v) is 3.79. The Morgan fingerprint density at radius 2 is 1.96 bits per heavy atom. The minimum atomic E-state index is -0.667. The van der Waals surface area contributed by atoms with Crippen molar-refractivity contribution in [2.45, 2.75) is 31.3 Å². The quantitative estimate of drug-likeness (QED) is 0.792. The van der Waals surface area contributed by atoms with Crippen LogP contribution in [0.3, 0.4) is 0 Å². The average Bonchev–Trinajstić information content (AvgIpc) is 3.34. The van der Waals surface area contributed by atoms with Gasteiger partial charge in [-0.25, -0.2) is 0 Å². The molecule has 142 valence electrons. The van der Waals surface area contributed by atoms with E-state index in [1.807, 2.05) is 18.2 Å². The van der Waals surface area contributed by atoms with E-state index >= 15 is 0 Å². The van der Waals surface area contributed by atoms with Crippen LogP contribution < -0.4 is 11.1 Å². The normalized spacial score (nSPS) is 24.5. The van der Waals surface area contributed by atoms with Gasteiger partial charge < -0.3 is 20.9 Å². The number of nitrogens with two attached hydrogens (primary N) is 1. The van der Waals surface area contributed by atoms with E-state index in [0.29, 0.717) is 25.1 Å². The first kappa shape index (κ1) is 18.9. The van der Waals surface area contributed by atoms with E-state index in [0.717, 1.165) is 6.42 Å². The van der Waals surface area contributed by atoms with Gasteiger partial charge in [-0.3, -0.25) is 14.4 Å². The molecule has 3 atom stereocenters. The number of hydrogen-bond donors (Lipinski definition) is 2. The third-order valence-corrected chi connectivity index (χ3v) is 5.18. The van der Waals surface area contributed by atoms with Gasteiger partial charge in [-0.15, -0.1) is 0 Å². The van der Waals surface area contributed by atoms with Crippen LogP contribution >= 0.6 is 0 Å². The molecule has 2 aliphatic heterocycles. The minimum Gasteiger partial charge on any atom is -0.330 e. The van der Waals surface area contributed by atoms with Crippen LogP contribution in [0.5, 0.6) is 0 Å². The lowest BCUT2D eigenvalue weighted by atomic mass is 10.1. The Balaban J connectivity index is 1.69. The van der Waals surface area contributed by atoms with Gasteiger partial charge in [0.25, 0.3) is 0 Å². The summed E-state index contributed by atoms with van der Waals surface area (Å²) in [5.41, 5.74) is 6.11. The lowest BCUT2D eigenvalue weighted by Gasteiger charge is -2.29. The third-order valence-electron chi connectivity index (χ3n) is 5.18. The van der Waals surface area contributed by atoms with Gasteiger partial charge in [-0.2, -0.15) is 5.26 Å². The van der Waals surface area contributed by atoms with Crippen molar-refractivity contribution in [2.24, 2.45) is 11.7 Å². The van der Waals surface area contributed by atoms with Crippen LogP contribution in [0.25, 0.3) is 0 Å². The van der Waals surface area contributed by atoms with Crippen molar-refractivity contribution in [3.8, 4) is 6.07 Å². The molecule has 0 bridgehead atoms. The number of para-hydroxylation sites is 1. The summed E-state index contributed by atoms with van der Waals surface area (Å²) in [6, 6.07) is 9.93. The fourth-order valence-electron chi connectivity index (χ4n) is 3.79. The summed E-state index contributed by atoms with van der Waals surface area (Å²) in [5, 5.41) is 12.3. The predicted octanol–water partition coefficient (Wildman–Crippen LogP) is 0.315. The molecule has 27 heavy (non-hydrogen) atoms. The van der Waals surface area contributed by atoms with Gasteiger partial charge in [0.2, 0.25) is 17.7 Å². The number of carbonyl (C=O) groups is 3. The lowest BCUT2D eigenvalue weighted by molar-refractivity contribution is -0.143.